The van der Waals surface area contributed by atoms with Crippen LogP contribution < -0.4 is 9.62 Å². The number of amides is 1. The van der Waals surface area contributed by atoms with Crippen LogP contribution in [0.2, 0.25) is 5.02 Å². The molecule has 0 saturated carbocycles. The topological polar surface area (TPSA) is 66.5 Å². The minimum Gasteiger partial charge on any atom is -0.350 e. The van der Waals surface area contributed by atoms with Crippen LogP contribution in [0.3, 0.4) is 0 Å². The summed E-state index contributed by atoms with van der Waals surface area (Å²) >= 11 is 5.88. The van der Waals surface area contributed by atoms with Gasteiger partial charge in [0.15, 0.2) is 0 Å². The lowest BCUT2D eigenvalue weighted by atomic mass is 10.00. The summed E-state index contributed by atoms with van der Waals surface area (Å²) in [6, 6.07) is 12.7. The van der Waals surface area contributed by atoms with Crippen LogP contribution in [-0.4, -0.2) is 27.1 Å². The molecule has 0 unspecified atom stereocenters. The molecule has 1 atom stereocenters. The van der Waals surface area contributed by atoms with Crippen molar-refractivity contribution in [3.05, 3.63) is 64.2 Å². The summed E-state index contributed by atoms with van der Waals surface area (Å²) in [4.78, 5) is 12.3. The number of carbonyl (C=O) groups is 1. The second-order valence-electron chi connectivity index (χ2n) is 7.06. The van der Waals surface area contributed by atoms with E-state index >= 15 is 0 Å². The number of rotatable bonds is 8. The molecule has 7 heteroatoms. The highest BCUT2D eigenvalue weighted by Crippen LogP contribution is 2.22. The fourth-order valence-corrected chi connectivity index (χ4v) is 4.19. The predicted molar refractivity (Wildman–Crippen MR) is 115 cm³/mol. The Labute approximate surface area is 172 Å². The van der Waals surface area contributed by atoms with Crippen molar-refractivity contribution in [2.45, 2.75) is 39.7 Å². The Morgan fingerprint density at radius 2 is 1.79 bits per heavy atom. The first-order valence-corrected chi connectivity index (χ1v) is 11.4. The van der Waals surface area contributed by atoms with E-state index in [9.17, 15) is 13.2 Å². The Balaban J connectivity index is 1.95. The lowest BCUT2D eigenvalue weighted by Gasteiger charge is -2.23. The number of carbonyl (C=O) groups excluding carboxylic acids is 1. The molecule has 0 aliphatic rings. The van der Waals surface area contributed by atoms with Gasteiger partial charge in [-0.25, -0.2) is 8.42 Å². The summed E-state index contributed by atoms with van der Waals surface area (Å²) in [7, 11) is -3.45. The van der Waals surface area contributed by atoms with Crippen LogP contribution in [0.15, 0.2) is 42.5 Å². The lowest BCUT2D eigenvalue weighted by molar-refractivity contribution is -0.121. The van der Waals surface area contributed by atoms with E-state index in [1.807, 2.05) is 32.9 Å². The van der Waals surface area contributed by atoms with Gasteiger partial charge in [-0.2, -0.15) is 0 Å². The van der Waals surface area contributed by atoms with Gasteiger partial charge in [-0.3, -0.25) is 9.10 Å². The molecule has 1 N–H and O–H groups in total. The molecule has 0 fully saturated rings. The number of sulfonamides is 1. The second kappa shape index (κ2) is 9.43. The molecule has 5 nitrogen and oxygen atoms in total. The van der Waals surface area contributed by atoms with Crippen LogP contribution >= 0.6 is 11.6 Å². The van der Waals surface area contributed by atoms with Gasteiger partial charge in [0.25, 0.3) is 0 Å². The van der Waals surface area contributed by atoms with Gasteiger partial charge in [-0.15, -0.1) is 0 Å². The number of hydrogen-bond donors (Lipinski definition) is 1. The molecule has 0 saturated heterocycles. The van der Waals surface area contributed by atoms with Gasteiger partial charge in [-0.1, -0.05) is 35.4 Å². The van der Waals surface area contributed by atoms with Crippen molar-refractivity contribution < 1.29 is 13.2 Å². The Hall–Kier alpha value is -2.05. The maximum atomic E-state index is 12.3. The van der Waals surface area contributed by atoms with Gasteiger partial charge >= 0.3 is 0 Å². The zero-order chi connectivity index (χ0) is 20.9. The van der Waals surface area contributed by atoms with E-state index in [0.29, 0.717) is 17.1 Å². The van der Waals surface area contributed by atoms with Gasteiger partial charge in [0.2, 0.25) is 15.9 Å². The third-order valence-electron chi connectivity index (χ3n) is 4.56. The van der Waals surface area contributed by atoms with Crippen molar-refractivity contribution in [2.75, 3.05) is 17.1 Å². The Kier molecular flexibility index (Phi) is 7.49. The Morgan fingerprint density at radius 3 is 2.39 bits per heavy atom. The van der Waals surface area contributed by atoms with Crippen LogP contribution in [0.25, 0.3) is 0 Å². The van der Waals surface area contributed by atoms with Crippen molar-refractivity contribution in [1.82, 2.24) is 5.32 Å². The Bertz CT molecular complexity index is 927. The zero-order valence-electron chi connectivity index (χ0n) is 16.7. The van der Waals surface area contributed by atoms with E-state index in [4.69, 9.17) is 11.6 Å². The molecule has 1 amide bonds. The molecule has 0 bridgehead atoms. The third kappa shape index (κ3) is 6.24. The molecule has 2 aromatic carbocycles. The average molecular weight is 423 g/mol. The number of nitrogens with zero attached hydrogens (tertiary/aromatic N) is 1. The number of nitrogens with one attached hydrogen (secondary N) is 1. The van der Waals surface area contributed by atoms with Gasteiger partial charge in [0.1, 0.15) is 0 Å². The first kappa shape index (κ1) is 22.2. The summed E-state index contributed by atoms with van der Waals surface area (Å²) in [5.74, 6) is -0.0991. The molecule has 2 aromatic rings. The van der Waals surface area contributed by atoms with Crippen molar-refractivity contribution in [3.8, 4) is 0 Å². The first-order valence-electron chi connectivity index (χ1n) is 9.17. The van der Waals surface area contributed by atoms with Gasteiger partial charge in [0.05, 0.1) is 18.0 Å². The molecule has 0 aliphatic carbocycles. The summed E-state index contributed by atoms with van der Waals surface area (Å²) in [6.45, 7) is 6.23. The van der Waals surface area contributed by atoms with E-state index in [2.05, 4.69) is 11.4 Å². The van der Waals surface area contributed by atoms with E-state index in [-0.39, 0.29) is 24.9 Å². The summed E-state index contributed by atoms with van der Waals surface area (Å²) in [5.41, 5.74) is 3.90. The molecule has 0 aliphatic heterocycles. The minimum absolute atomic E-state index is 0.0991. The lowest BCUT2D eigenvalue weighted by Crippen LogP contribution is -2.32. The number of aryl methyl sites for hydroxylation is 2. The maximum Gasteiger partial charge on any atom is 0.232 e. The van der Waals surface area contributed by atoms with Crippen LogP contribution in [0, 0.1) is 13.8 Å². The Morgan fingerprint density at radius 1 is 1.14 bits per heavy atom. The zero-order valence-corrected chi connectivity index (χ0v) is 18.3. The highest BCUT2D eigenvalue weighted by Gasteiger charge is 2.18. The largest absolute Gasteiger partial charge is 0.350 e. The van der Waals surface area contributed by atoms with Crippen molar-refractivity contribution in [1.29, 1.82) is 0 Å². The molecule has 0 radical (unpaired) electrons. The minimum atomic E-state index is -3.45. The van der Waals surface area contributed by atoms with E-state index in [1.54, 1.807) is 24.3 Å². The van der Waals surface area contributed by atoms with Crippen molar-refractivity contribution in [3.63, 3.8) is 0 Å². The predicted octanol–water partition coefficient (Wildman–Crippen LogP) is 4.38. The standard InChI is InChI=1S/C21H27ClN2O3S/c1-15-7-8-16(2)20(14-15)17(3)23-21(25)6-5-13-24(28(4,26)27)19-11-9-18(22)10-12-19/h7-12,14,17H,5-6,13H2,1-4H3,(H,23,25)/t17-/m1/s1. The number of anilines is 1. The van der Waals surface area contributed by atoms with Crippen molar-refractivity contribution >= 4 is 33.2 Å². The molecule has 2 rings (SSSR count). The number of hydrogen-bond acceptors (Lipinski definition) is 3. The quantitative estimate of drug-likeness (QED) is 0.686. The molecule has 152 valence electrons. The molecule has 0 spiro atoms. The van der Waals surface area contributed by atoms with Gasteiger partial charge < -0.3 is 5.32 Å². The molecule has 28 heavy (non-hydrogen) atoms. The van der Waals surface area contributed by atoms with Crippen LogP contribution in [-0.2, 0) is 14.8 Å². The summed E-state index contributed by atoms with van der Waals surface area (Å²) in [5, 5.41) is 3.54. The highest BCUT2D eigenvalue weighted by molar-refractivity contribution is 7.92. The summed E-state index contributed by atoms with van der Waals surface area (Å²) < 4.78 is 25.5. The fourth-order valence-electron chi connectivity index (χ4n) is 3.09. The van der Waals surface area contributed by atoms with E-state index in [0.717, 1.165) is 22.9 Å². The molecule has 0 aromatic heterocycles. The third-order valence-corrected chi connectivity index (χ3v) is 6.00. The average Bonchev–Trinajstić information content (AvgIpc) is 2.60. The smallest absolute Gasteiger partial charge is 0.232 e. The van der Waals surface area contributed by atoms with E-state index in [1.165, 1.54) is 4.31 Å². The second-order valence-corrected chi connectivity index (χ2v) is 9.41. The maximum absolute atomic E-state index is 12.3. The van der Waals surface area contributed by atoms with Crippen LogP contribution in [0.4, 0.5) is 5.69 Å². The van der Waals surface area contributed by atoms with Gasteiger partial charge in [0, 0.05) is 18.0 Å². The summed E-state index contributed by atoms with van der Waals surface area (Å²) in [6.07, 6.45) is 1.82. The van der Waals surface area contributed by atoms with Gasteiger partial charge in [-0.05, 0) is 62.6 Å². The first-order chi connectivity index (χ1) is 13.1. The fraction of sp³-hybridized carbons (Fsp3) is 0.381. The highest BCUT2D eigenvalue weighted by atomic mass is 35.5. The number of halogens is 1. The monoisotopic (exact) mass is 422 g/mol. The normalized spacial score (nSPS) is 12.5. The SMILES string of the molecule is Cc1ccc(C)c([C@@H](C)NC(=O)CCCN(c2ccc(Cl)cc2)S(C)(=O)=O)c1. The van der Waals surface area contributed by atoms with E-state index < -0.39 is 10.0 Å². The van der Waals surface area contributed by atoms with Crippen LogP contribution in [0.5, 0.6) is 0 Å². The molecule has 0 heterocycles. The number of benzene rings is 2. The molecular weight excluding hydrogens is 396 g/mol. The van der Waals surface area contributed by atoms with Crippen LogP contribution in [0.1, 0.15) is 42.5 Å². The van der Waals surface area contributed by atoms with Crippen molar-refractivity contribution in [2.24, 2.45) is 0 Å². The molecular formula is C21H27ClN2O3S.